The first kappa shape index (κ1) is 128. The van der Waals surface area contributed by atoms with E-state index in [1.165, 1.54) is 50.5 Å². The van der Waals surface area contributed by atoms with Gasteiger partial charge in [0.2, 0.25) is 0 Å². The molecule has 0 aromatic rings. The van der Waals surface area contributed by atoms with Crippen LogP contribution in [-0.4, -0.2) is 419 Å². The van der Waals surface area contributed by atoms with E-state index in [1.807, 2.05) is 0 Å². The Bertz CT molecular complexity index is 3160. The summed E-state index contributed by atoms with van der Waals surface area (Å²) in [7, 11) is 0. The van der Waals surface area contributed by atoms with Crippen LogP contribution in [0, 0.1) is 69.5 Å². The summed E-state index contributed by atoms with van der Waals surface area (Å²) in [5.74, 6) is 2.99. The van der Waals surface area contributed by atoms with Crippen molar-refractivity contribution in [2.45, 2.75) is 309 Å². The number of aliphatic hydroxyl groups is 9. The number of carbonyl (C=O) groups excluding carboxylic acids is 5. The normalized spacial score (nSPS) is 28.6. The molecule has 145 heavy (non-hydrogen) atoms. The van der Waals surface area contributed by atoms with Gasteiger partial charge in [0.05, 0.1) is 217 Å². The number of allylic oxidation sites excluding steroid dienone is 1. The third-order valence-corrected chi connectivity index (χ3v) is 29.8. The Labute approximate surface area is 862 Å². The Kier molecular flexibility index (Phi) is 66.8. The first-order valence-corrected chi connectivity index (χ1v) is 54.7. The van der Waals surface area contributed by atoms with Gasteiger partial charge in [-0.25, -0.2) is 0 Å². The molecule has 0 aromatic heterocycles. The SMILES string of the molecule is CC(C)CCC[C@@H](C)C1CCC2C3CC=C4C[C@@H](OC(=O)CCCOCCOCCC(=O)CC(COCCCOCCC(=O)CCCOCCOCCOCCOC5OC(CO)C(O)C(O)C5C)(COCCCOCCC(=O)CCCOCCOCCOCCOC5OC(CO)C(O)C(O)C5C)COCCCOCCC(=O)CCCOCCOCCOCCOC5OC(CO)C(O)C(O)C5C)CC[C@]4(C)C3CC[C@@]21C. The highest BCUT2D eigenvalue weighted by atomic mass is 16.7. The summed E-state index contributed by atoms with van der Waals surface area (Å²) in [6.07, 6.45) is 9.52. The zero-order chi connectivity index (χ0) is 105. The second-order valence-electron chi connectivity index (χ2n) is 41.5. The van der Waals surface area contributed by atoms with Crippen LogP contribution in [0.1, 0.15) is 229 Å². The number of esters is 1. The largest absolute Gasteiger partial charge is 0.462 e. The molecule has 3 aliphatic heterocycles. The molecular formula is C107H190O38. The molecular weight excluding hydrogens is 1890 g/mol. The van der Waals surface area contributed by atoms with Gasteiger partial charge in [0.25, 0.3) is 0 Å². The van der Waals surface area contributed by atoms with E-state index in [0.717, 1.165) is 55.3 Å². The monoisotopic (exact) mass is 2080 g/mol. The summed E-state index contributed by atoms with van der Waals surface area (Å²) in [6, 6.07) is 0. The predicted octanol–water partition coefficient (Wildman–Crippen LogP) is 8.00. The third kappa shape index (κ3) is 48.7. The van der Waals surface area contributed by atoms with Gasteiger partial charge >= 0.3 is 5.97 Å². The number of hydrogen-bond acceptors (Lipinski definition) is 38. The van der Waals surface area contributed by atoms with Crippen molar-refractivity contribution in [2.24, 2.45) is 69.5 Å². The van der Waals surface area contributed by atoms with E-state index >= 15 is 0 Å². The fraction of sp³-hybridized carbons (Fsp3) is 0.935. The van der Waals surface area contributed by atoms with E-state index in [-0.39, 0.29) is 198 Å². The molecule has 0 spiro atoms. The third-order valence-electron chi connectivity index (χ3n) is 29.8. The Morgan fingerprint density at radius 1 is 0.359 bits per heavy atom. The van der Waals surface area contributed by atoms with Crippen LogP contribution < -0.4 is 0 Å². The molecule has 7 aliphatic rings. The van der Waals surface area contributed by atoms with Crippen LogP contribution >= 0.6 is 0 Å². The standard InChI is InChI=1S/C107H190O38/c1-77(2)17-9-18-78(3)89-25-26-90-88-24-23-82-69-87(27-33-105(82,7)91(88)28-34-106(89,90)8)142-95(115)22-13-38-128-49-53-129-48-32-86(114)70-107(74-136-42-14-39-122-45-29-83(111)19-10-35-125-50-54-130-57-60-133-63-66-139-102-79(4)96(116)99(119)92(71-108)143-102,75-137-43-15-40-123-46-30-84(112)20-11-36-126-51-55-131-58-61-134-64-67-140-103-80(5)97(117)100(120)93(72-109)144-103)76-138-44-16-41-124-47-31-85(113)21-12-37-127-52-56-132-59-62-135-65-68-141-104-81(6)98(118)101(121)94(73-110)145-104/h23,77-81,87-94,96-104,108-110,116-121H,9-22,24-76H2,1-8H3/t78-,79?,80?,81?,87+,88?,89?,90?,91?,92?,93?,94?,96?,97?,98?,99?,100?,101?,102?,103?,104?,105+,106-,107?/m1/s1. The zero-order valence-electron chi connectivity index (χ0n) is 89.0. The van der Waals surface area contributed by atoms with E-state index in [1.54, 1.807) is 20.8 Å². The molecule has 0 amide bonds. The summed E-state index contributed by atoms with van der Waals surface area (Å²) in [5.41, 5.74) is 1.17. The molecule has 7 rings (SSSR count). The molecule has 0 radical (unpaired) electrons. The maximum absolute atomic E-state index is 14.2. The molecule has 38 nitrogen and oxygen atoms in total. The lowest BCUT2D eigenvalue weighted by Crippen LogP contribution is -2.55. The van der Waals surface area contributed by atoms with E-state index in [4.69, 9.17) is 114 Å². The van der Waals surface area contributed by atoms with Gasteiger partial charge < -0.3 is 160 Å². The average molecular weight is 2080 g/mol. The second kappa shape index (κ2) is 75.4. The van der Waals surface area contributed by atoms with Crippen molar-refractivity contribution in [3.8, 4) is 0 Å². The second-order valence-corrected chi connectivity index (χ2v) is 41.5. The maximum Gasteiger partial charge on any atom is 0.306 e. The van der Waals surface area contributed by atoms with Gasteiger partial charge in [0, 0.05) is 153 Å². The van der Waals surface area contributed by atoms with Crippen LogP contribution in [0.5, 0.6) is 0 Å². The number of carbonyl (C=O) groups is 5. The van der Waals surface area contributed by atoms with E-state index in [2.05, 4.69) is 40.7 Å². The van der Waals surface area contributed by atoms with Gasteiger partial charge in [0.15, 0.2) is 18.9 Å². The number of fused-ring (bicyclic) bond motifs is 5. The van der Waals surface area contributed by atoms with Gasteiger partial charge in [-0.1, -0.05) is 86.3 Å². The molecule has 9 N–H and O–H groups in total. The molecule has 0 aromatic carbocycles. The zero-order valence-corrected chi connectivity index (χ0v) is 89.0. The first-order valence-electron chi connectivity index (χ1n) is 54.7. The molecule has 23 atom stereocenters. The topological polar surface area (TPSA) is 489 Å². The van der Waals surface area contributed by atoms with Crippen molar-refractivity contribution in [1.82, 2.24) is 0 Å². The lowest BCUT2D eigenvalue weighted by atomic mass is 9.47. The first-order chi connectivity index (χ1) is 70.2. The van der Waals surface area contributed by atoms with E-state index < -0.39 is 117 Å². The smallest absolute Gasteiger partial charge is 0.306 e. The molecule has 846 valence electrons. The fourth-order valence-corrected chi connectivity index (χ4v) is 21.1. The lowest BCUT2D eigenvalue weighted by molar-refractivity contribution is -0.284. The molecule has 3 saturated carbocycles. The van der Waals surface area contributed by atoms with Crippen molar-refractivity contribution < 1.29 is 184 Å². The molecule has 4 aliphatic carbocycles. The number of aliphatic hydroxyl groups excluding tert-OH is 9. The van der Waals surface area contributed by atoms with Crippen LogP contribution in [-0.2, 0) is 138 Å². The van der Waals surface area contributed by atoms with Gasteiger partial charge in [-0.3, -0.25) is 24.0 Å². The molecule has 6 fully saturated rings. The summed E-state index contributed by atoms with van der Waals surface area (Å²) >= 11 is 0. The highest BCUT2D eigenvalue weighted by Gasteiger charge is 2.60. The summed E-state index contributed by atoms with van der Waals surface area (Å²) in [4.78, 5) is 66.0. The average Bonchev–Trinajstić information content (AvgIpc) is 1.63. The lowest BCUT2D eigenvalue weighted by Gasteiger charge is -2.58. The van der Waals surface area contributed by atoms with Gasteiger partial charge in [-0.15, -0.1) is 0 Å². The van der Waals surface area contributed by atoms with E-state index in [9.17, 15) is 69.9 Å². The molecule has 0 bridgehead atoms. The summed E-state index contributed by atoms with van der Waals surface area (Å²) in [6.45, 7) is 26.4. The summed E-state index contributed by atoms with van der Waals surface area (Å²) < 4.78 is 139. The van der Waals surface area contributed by atoms with Crippen molar-refractivity contribution in [3.63, 3.8) is 0 Å². The Morgan fingerprint density at radius 2 is 0.690 bits per heavy atom. The minimum atomic E-state index is -1.20. The minimum absolute atomic E-state index is 0.0370. The van der Waals surface area contributed by atoms with E-state index in [0.29, 0.717) is 201 Å². The Morgan fingerprint density at radius 3 is 1.06 bits per heavy atom. The minimum Gasteiger partial charge on any atom is -0.462 e. The van der Waals surface area contributed by atoms with Crippen molar-refractivity contribution in [1.29, 1.82) is 0 Å². The molecule has 3 saturated heterocycles. The summed E-state index contributed by atoms with van der Waals surface area (Å²) in [5, 5.41) is 89.3. The molecule has 19 unspecified atom stereocenters. The van der Waals surface area contributed by atoms with Crippen molar-refractivity contribution >= 4 is 29.1 Å². The van der Waals surface area contributed by atoms with Crippen LogP contribution in [0.2, 0.25) is 0 Å². The number of ether oxygens (including phenoxy) is 24. The van der Waals surface area contributed by atoms with Crippen LogP contribution in [0.3, 0.4) is 0 Å². The predicted molar refractivity (Wildman–Crippen MR) is 532 cm³/mol. The molecule has 3 heterocycles. The van der Waals surface area contributed by atoms with Crippen molar-refractivity contribution in [2.75, 3.05) is 264 Å². The quantitative estimate of drug-likeness (QED) is 0.0158. The maximum atomic E-state index is 14.2. The Balaban J connectivity index is 0.808. The molecule has 38 heteroatoms. The van der Waals surface area contributed by atoms with Gasteiger partial charge in [0.1, 0.15) is 65.9 Å². The van der Waals surface area contributed by atoms with Gasteiger partial charge in [-0.2, -0.15) is 0 Å². The van der Waals surface area contributed by atoms with Crippen LogP contribution in [0.25, 0.3) is 0 Å². The number of hydrogen-bond donors (Lipinski definition) is 9. The number of ketones is 4. The highest BCUT2D eigenvalue weighted by molar-refractivity contribution is 5.80. The highest BCUT2D eigenvalue weighted by Crippen LogP contribution is 2.67. The van der Waals surface area contributed by atoms with Crippen LogP contribution in [0.4, 0.5) is 0 Å². The fourth-order valence-electron chi connectivity index (χ4n) is 21.1. The number of rotatable bonds is 90. The Hall–Kier alpha value is -3.39. The number of Topliss-reactive ketones (excluding diaryl/α,β-unsaturated/α-hetero) is 4. The van der Waals surface area contributed by atoms with Crippen molar-refractivity contribution in [3.05, 3.63) is 11.6 Å². The van der Waals surface area contributed by atoms with Gasteiger partial charge in [-0.05, 0) is 136 Å². The van der Waals surface area contributed by atoms with Crippen LogP contribution in [0.15, 0.2) is 11.6 Å².